The van der Waals surface area contributed by atoms with Crippen LogP contribution < -0.4 is 0 Å². The second-order valence-electron chi connectivity index (χ2n) is 5.05. The molecule has 2 heteroatoms. The fourth-order valence-electron chi connectivity index (χ4n) is 2.54. The lowest BCUT2D eigenvalue weighted by Crippen LogP contribution is -2.38. The van der Waals surface area contributed by atoms with Crippen LogP contribution in [0.25, 0.3) is 0 Å². The van der Waals surface area contributed by atoms with Gasteiger partial charge >= 0.3 is 0 Å². The Balaban J connectivity index is 2.32. The van der Waals surface area contributed by atoms with Gasteiger partial charge in [-0.3, -0.25) is 0 Å². The van der Waals surface area contributed by atoms with Crippen molar-refractivity contribution < 1.29 is 0 Å². The Bertz CT molecular complexity index is 213. The van der Waals surface area contributed by atoms with Gasteiger partial charge in [0.1, 0.15) is 6.17 Å². The average Bonchev–Trinajstić information content (AvgIpc) is 2.74. The molecule has 0 N–H and O–H groups in total. The van der Waals surface area contributed by atoms with Crippen molar-refractivity contribution in [3.05, 3.63) is 12.4 Å². The molecule has 0 aromatic heterocycles. The van der Waals surface area contributed by atoms with Crippen LogP contribution >= 0.6 is 0 Å². The third-order valence-corrected chi connectivity index (χ3v) is 3.67. The first kappa shape index (κ1) is 14.4. The zero-order valence-electron chi connectivity index (χ0n) is 12.0. The molecule has 0 radical (unpaired) electrons. The van der Waals surface area contributed by atoms with Gasteiger partial charge in [0.15, 0.2) is 0 Å². The van der Waals surface area contributed by atoms with Gasteiger partial charge in [0.2, 0.25) is 0 Å². The van der Waals surface area contributed by atoms with Crippen LogP contribution in [0.15, 0.2) is 12.4 Å². The molecule has 0 aliphatic carbocycles. The summed E-state index contributed by atoms with van der Waals surface area (Å²) in [5.41, 5.74) is 0. The standard InChI is InChI=1S/C15H30N2/c1-4-7-9-10-12-17-14-13-16(6-3)15(17)11-8-5-2/h13-15H,4-12H2,1-3H3. The van der Waals surface area contributed by atoms with E-state index in [1.165, 1.54) is 51.5 Å². The topological polar surface area (TPSA) is 6.48 Å². The molecular weight excluding hydrogens is 208 g/mol. The molecule has 0 saturated carbocycles. The molecule has 1 aliphatic rings. The molecule has 1 aliphatic heterocycles. The van der Waals surface area contributed by atoms with Gasteiger partial charge in [-0.15, -0.1) is 0 Å². The number of nitrogens with zero attached hydrogens (tertiary/aromatic N) is 2. The molecule has 0 fully saturated rings. The maximum absolute atomic E-state index is 2.55. The van der Waals surface area contributed by atoms with Gasteiger partial charge in [0.05, 0.1) is 0 Å². The predicted octanol–water partition coefficient (Wildman–Crippen LogP) is 4.19. The van der Waals surface area contributed by atoms with Crippen LogP contribution in [0, 0.1) is 0 Å². The lowest BCUT2D eigenvalue weighted by molar-refractivity contribution is 0.143. The van der Waals surface area contributed by atoms with Crippen molar-refractivity contribution in [2.75, 3.05) is 13.1 Å². The van der Waals surface area contributed by atoms with Crippen molar-refractivity contribution in [3.63, 3.8) is 0 Å². The Kier molecular flexibility index (Phi) is 7.14. The minimum atomic E-state index is 0.640. The molecule has 17 heavy (non-hydrogen) atoms. The number of rotatable bonds is 9. The van der Waals surface area contributed by atoms with E-state index in [1.807, 2.05) is 0 Å². The highest BCUT2D eigenvalue weighted by molar-refractivity contribution is 4.96. The second-order valence-corrected chi connectivity index (χ2v) is 5.05. The summed E-state index contributed by atoms with van der Waals surface area (Å²) in [4.78, 5) is 5.03. The lowest BCUT2D eigenvalue weighted by Gasteiger charge is -2.32. The Morgan fingerprint density at radius 1 is 0.824 bits per heavy atom. The Morgan fingerprint density at radius 3 is 2.18 bits per heavy atom. The minimum Gasteiger partial charge on any atom is -0.356 e. The summed E-state index contributed by atoms with van der Waals surface area (Å²) in [5, 5.41) is 0. The molecule has 1 rings (SSSR count). The van der Waals surface area contributed by atoms with Gasteiger partial charge in [-0.1, -0.05) is 39.5 Å². The molecule has 1 heterocycles. The van der Waals surface area contributed by atoms with E-state index in [0.717, 1.165) is 6.54 Å². The quantitative estimate of drug-likeness (QED) is 0.556. The highest BCUT2D eigenvalue weighted by Gasteiger charge is 2.23. The van der Waals surface area contributed by atoms with E-state index >= 15 is 0 Å². The lowest BCUT2D eigenvalue weighted by atomic mass is 10.1. The zero-order chi connectivity index (χ0) is 12.5. The van der Waals surface area contributed by atoms with Gasteiger partial charge in [-0.05, 0) is 26.2 Å². The summed E-state index contributed by atoms with van der Waals surface area (Å²) in [5.74, 6) is 0. The summed E-state index contributed by atoms with van der Waals surface area (Å²) in [6.07, 6.45) is 14.6. The second kappa shape index (κ2) is 8.43. The SMILES string of the molecule is CCCCCCN1C=CN(CC)C1CCCC. The van der Waals surface area contributed by atoms with Crippen LogP contribution in [0.1, 0.15) is 65.7 Å². The van der Waals surface area contributed by atoms with E-state index in [-0.39, 0.29) is 0 Å². The predicted molar refractivity (Wildman–Crippen MR) is 75.7 cm³/mol. The summed E-state index contributed by atoms with van der Waals surface area (Å²) >= 11 is 0. The first-order valence-corrected chi connectivity index (χ1v) is 7.53. The van der Waals surface area contributed by atoms with E-state index in [1.54, 1.807) is 0 Å². The highest BCUT2D eigenvalue weighted by Crippen LogP contribution is 2.21. The fourth-order valence-corrected chi connectivity index (χ4v) is 2.54. The molecule has 0 bridgehead atoms. The number of unbranched alkanes of at least 4 members (excludes halogenated alkanes) is 4. The van der Waals surface area contributed by atoms with Crippen molar-refractivity contribution in [2.45, 2.75) is 71.9 Å². The Morgan fingerprint density at radius 2 is 1.53 bits per heavy atom. The maximum atomic E-state index is 2.55. The van der Waals surface area contributed by atoms with Gasteiger partial charge in [-0.2, -0.15) is 0 Å². The number of hydrogen-bond acceptors (Lipinski definition) is 2. The first-order chi connectivity index (χ1) is 8.33. The monoisotopic (exact) mass is 238 g/mol. The molecule has 0 saturated heterocycles. The van der Waals surface area contributed by atoms with E-state index in [9.17, 15) is 0 Å². The largest absolute Gasteiger partial charge is 0.356 e. The molecule has 0 amide bonds. The van der Waals surface area contributed by atoms with Crippen molar-refractivity contribution >= 4 is 0 Å². The van der Waals surface area contributed by atoms with Crippen LogP contribution in [-0.2, 0) is 0 Å². The number of hydrogen-bond donors (Lipinski definition) is 0. The molecule has 0 aromatic carbocycles. The zero-order valence-corrected chi connectivity index (χ0v) is 12.0. The van der Waals surface area contributed by atoms with Crippen molar-refractivity contribution in [2.24, 2.45) is 0 Å². The van der Waals surface area contributed by atoms with Crippen LogP contribution in [0.2, 0.25) is 0 Å². The fraction of sp³-hybridized carbons (Fsp3) is 0.867. The maximum Gasteiger partial charge on any atom is 0.101 e. The minimum absolute atomic E-state index is 0.640. The smallest absolute Gasteiger partial charge is 0.101 e. The third kappa shape index (κ3) is 4.61. The van der Waals surface area contributed by atoms with Crippen LogP contribution in [0.4, 0.5) is 0 Å². The van der Waals surface area contributed by atoms with E-state index in [0.29, 0.717) is 6.17 Å². The Hall–Kier alpha value is -0.660. The van der Waals surface area contributed by atoms with Gasteiger partial charge in [-0.25, -0.2) is 0 Å². The third-order valence-electron chi connectivity index (χ3n) is 3.67. The highest BCUT2D eigenvalue weighted by atomic mass is 15.4. The molecule has 0 spiro atoms. The van der Waals surface area contributed by atoms with Gasteiger partial charge in [0.25, 0.3) is 0 Å². The average molecular weight is 238 g/mol. The Labute approximate surface area is 108 Å². The molecule has 1 atom stereocenters. The summed E-state index contributed by atoms with van der Waals surface area (Å²) in [6, 6.07) is 0. The van der Waals surface area contributed by atoms with E-state index < -0.39 is 0 Å². The molecule has 1 unspecified atom stereocenters. The molecular formula is C15H30N2. The van der Waals surface area contributed by atoms with E-state index in [2.05, 4.69) is 43.0 Å². The summed E-state index contributed by atoms with van der Waals surface area (Å²) < 4.78 is 0. The van der Waals surface area contributed by atoms with Gasteiger partial charge in [0, 0.05) is 25.5 Å². The summed E-state index contributed by atoms with van der Waals surface area (Å²) in [6.45, 7) is 9.18. The van der Waals surface area contributed by atoms with E-state index in [4.69, 9.17) is 0 Å². The molecule has 2 nitrogen and oxygen atoms in total. The van der Waals surface area contributed by atoms with Crippen LogP contribution in [-0.4, -0.2) is 29.1 Å². The summed E-state index contributed by atoms with van der Waals surface area (Å²) in [7, 11) is 0. The van der Waals surface area contributed by atoms with Crippen molar-refractivity contribution in [1.82, 2.24) is 9.80 Å². The molecule has 0 aromatic rings. The molecule has 100 valence electrons. The first-order valence-electron chi connectivity index (χ1n) is 7.53. The van der Waals surface area contributed by atoms with Gasteiger partial charge < -0.3 is 9.80 Å². The van der Waals surface area contributed by atoms with Crippen molar-refractivity contribution in [3.8, 4) is 0 Å². The van der Waals surface area contributed by atoms with Crippen LogP contribution in [0.3, 0.4) is 0 Å². The normalized spacial score (nSPS) is 19.4. The van der Waals surface area contributed by atoms with Crippen LogP contribution in [0.5, 0.6) is 0 Å². The van der Waals surface area contributed by atoms with Crippen molar-refractivity contribution in [1.29, 1.82) is 0 Å².